The van der Waals surface area contributed by atoms with E-state index in [1.54, 1.807) is 30.8 Å². The molecule has 140 valence electrons. The van der Waals surface area contributed by atoms with Gasteiger partial charge in [-0.25, -0.2) is 0 Å². The van der Waals surface area contributed by atoms with Gasteiger partial charge in [0.2, 0.25) is 5.91 Å². The number of hydrogen-bond donors (Lipinski definition) is 1. The van der Waals surface area contributed by atoms with Crippen molar-refractivity contribution >= 4 is 17.4 Å². The average Bonchev–Trinajstić information content (AvgIpc) is 3.22. The molecule has 1 amide bonds. The van der Waals surface area contributed by atoms with Gasteiger partial charge in [0.05, 0.1) is 11.5 Å². The third kappa shape index (κ3) is 3.86. The third-order valence-corrected chi connectivity index (χ3v) is 4.45. The number of benzene rings is 1. The van der Waals surface area contributed by atoms with Crippen LogP contribution in [0.2, 0.25) is 0 Å². The van der Waals surface area contributed by atoms with Crippen LogP contribution in [0.25, 0.3) is 0 Å². The van der Waals surface area contributed by atoms with Crippen LogP contribution in [0.1, 0.15) is 29.8 Å². The summed E-state index contributed by atoms with van der Waals surface area (Å²) < 4.78 is 3.07. The molecule has 0 bridgehead atoms. The van der Waals surface area contributed by atoms with E-state index in [9.17, 15) is 14.9 Å². The Morgan fingerprint density at radius 1 is 1.30 bits per heavy atom. The van der Waals surface area contributed by atoms with Gasteiger partial charge < -0.3 is 5.32 Å². The predicted molar refractivity (Wildman–Crippen MR) is 99.5 cm³/mol. The highest BCUT2D eigenvalue weighted by Gasteiger charge is 2.24. The lowest BCUT2D eigenvalue weighted by atomic mass is 10.1. The highest BCUT2D eigenvalue weighted by molar-refractivity contribution is 5.92. The SMILES string of the molecule is Cc1ccccc1Cn1ccc(NC(=O)C(C)n2ncc([N+](=O)[O-])c2C)n1. The number of nitro groups is 1. The van der Waals surface area contributed by atoms with Crippen molar-refractivity contribution in [2.75, 3.05) is 5.32 Å². The normalized spacial score (nSPS) is 12.0. The summed E-state index contributed by atoms with van der Waals surface area (Å²) in [5.41, 5.74) is 2.53. The fourth-order valence-electron chi connectivity index (χ4n) is 2.80. The van der Waals surface area contributed by atoms with Crippen LogP contribution in [0.5, 0.6) is 0 Å². The fraction of sp³-hybridized carbons (Fsp3) is 0.278. The highest BCUT2D eigenvalue weighted by atomic mass is 16.6. The van der Waals surface area contributed by atoms with Crippen molar-refractivity contribution in [3.8, 4) is 0 Å². The molecule has 9 heteroatoms. The van der Waals surface area contributed by atoms with E-state index in [-0.39, 0.29) is 11.6 Å². The average molecular weight is 368 g/mol. The second-order valence-electron chi connectivity index (χ2n) is 6.31. The Morgan fingerprint density at radius 3 is 2.70 bits per heavy atom. The summed E-state index contributed by atoms with van der Waals surface area (Å²) in [5.74, 6) is 0.0667. The first-order chi connectivity index (χ1) is 12.9. The standard InChI is InChI=1S/C18H20N6O3/c1-12-6-4-5-7-15(12)11-22-9-8-17(21-22)20-18(25)14(3)23-13(2)16(10-19-23)24(26)27/h4-10,14H,11H2,1-3H3,(H,20,21,25). The minimum Gasteiger partial charge on any atom is -0.307 e. The van der Waals surface area contributed by atoms with Crippen molar-refractivity contribution in [1.82, 2.24) is 19.6 Å². The number of nitrogens with zero attached hydrogens (tertiary/aromatic N) is 5. The van der Waals surface area contributed by atoms with Crippen LogP contribution in [0.3, 0.4) is 0 Å². The number of aryl methyl sites for hydroxylation is 1. The maximum atomic E-state index is 12.5. The van der Waals surface area contributed by atoms with Gasteiger partial charge in [-0.15, -0.1) is 0 Å². The van der Waals surface area contributed by atoms with Crippen molar-refractivity contribution < 1.29 is 9.72 Å². The second-order valence-corrected chi connectivity index (χ2v) is 6.31. The van der Waals surface area contributed by atoms with E-state index in [1.807, 2.05) is 31.2 Å². The molecule has 0 fully saturated rings. The molecule has 0 saturated heterocycles. The topological polar surface area (TPSA) is 108 Å². The van der Waals surface area contributed by atoms with Gasteiger partial charge in [0, 0.05) is 12.3 Å². The molecule has 0 saturated carbocycles. The molecule has 27 heavy (non-hydrogen) atoms. The summed E-state index contributed by atoms with van der Waals surface area (Å²) in [6.07, 6.45) is 2.94. The van der Waals surface area contributed by atoms with Crippen LogP contribution in [0.4, 0.5) is 11.5 Å². The first kappa shape index (κ1) is 18.3. The summed E-state index contributed by atoms with van der Waals surface area (Å²) >= 11 is 0. The number of carbonyl (C=O) groups excluding carboxylic acids is 1. The minimum absolute atomic E-state index is 0.114. The molecule has 2 heterocycles. The number of rotatable bonds is 6. The van der Waals surface area contributed by atoms with Crippen LogP contribution in [0, 0.1) is 24.0 Å². The van der Waals surface area contributed by atoms with Crippen molar-refractivity contribution in [2.45, 2.75) is 33.4 Å². The Morgan fingerprint density at radius 2 is 2.04 bits per heavy atom. The molecule has 0 aliphatic carbocycles. The quantitative estimate of drug-likeness (QED) is 0.532. The molecule has 1 aromatic carbocycles. The second kappa shape index (κ2) is 7.40. The zero-order valence-electron chi connectivity index (χ0n) is 15.3. The molecule has 9 nitrogen and oxygen atoms in total. The molecule has 0 aliphatic heterocycles. The lowest BCUT2D eigenvalue weighted by Crippen LogP contribution is -2.25. The minimum atomic E-state index is -0.708. The molecule has 0 aliphatic rings. The molecule has 0 spiro atoms. The van der Waals surface area contributed by atoms with Gasteiger partial charge in [-0.3, -0.25) is 24.3 Å². The largest absolute Gasteiger partial charge is 0.309 e. The molecule has 2 aromatic heterocycles. The van der Waals surface area contributed by atoms with Crippen LogP contribution < -0.4 is 5.32 Å². The van der Waals surface area contributed by atoms with Gasteiger partial charge in [-0.2, -0.15) is 10.2 Å². The zero-order chi connectivity index (χ0) is 19.6. The van der Waals surface area contributed by atoms with E-state index >= 15 is 0 Å². The fourth-order valence-corrected chi connectivity index (χ4v) is 2.80. The molecule has 1 unspecified atom stereocenters. The first-order valence-corrected chi connectivity index (χ1v) is 8.44. The number of aromatic nitrogens is 4. The number of amides is 1. The predicted octanol–water partition coefficient (Wildman–Crippen LogP) is 2.85. The van der Waals surface area contributed by atoms with E-state index < -0.39 is 11.0 Å². The molecule has 3 aromatic rings. The van der Waals surface area contributed by atoms with Gasteiger partial charge >= 0.3 is 5.69 Å². The van der Waals surface area contributed by atoms with E-state index in [0.717, 1.165) is 11.8 Å². The Labute approximate surface area is 155 Å². The van der Waals surface area contributed by atoms with Gasteiger partial charge in [0.25, 0.3) is 0 Å². The van der Waals surface area contributed by atoms with E-state index in [2.05, 4.69) is 15.5 Å². The summed E-state index contributed by atoms with van der Waals surface area (Å²) in [5, 5.41) is 22.0. The monoisotopic (exact) mass is 368 g/mol. The lowest BCUT2D eigenvalue weighted by Gasteiger charge is -2.12. The number of hydrogen-bond acceptors (Lipinski definition) is 5. The maximum Gasteiger partial charge on any atom is 0.309 e. The lowest BCUT2D eigenvalue weighted by molar-refractivity contribution is -0.385. The molecule has 1 N–H and O–H groups in total. The van der Waals surface area contributed by atoms with Crippen LogP contribution in [-0.2, 0) is 11.3 Å². The van der Waals surface area contributed by atoms with Crippen molar-refractivity contribution in [1.29, 1.82) is 0 Å². The summed E-state index contributed by atoms with van der Waals surface area (Å²) in [4.78, 5) is 22.9. The third-order valence-electron chi connectivity index (χ3n) is 4.45. The molecule has 3 rings (SSSR count). The van der Waals surface area contributed by atoms with Gasteiger partial charge in [-0.05, 0) is 31.9 Å². The zero-order valence-corrected chi connectivity index (χ0v) is 15.3. The van der Waals surface area contributed by atoms with Gasteiger partial charge in [-0.1, -0.05) is 24.3 Å². The Balaban J connectivity index is 1.69. The summed E-state index contributed by atoms with van der Waals surface area (Å²) in [6, 6.07) is 9.03. The smallest absolute Gasteiger partial charge is 0.307 e. The van der Waals surface area contributed by atoms with Crippen LogP contribution in [-0.4, -0.2) is 30.4 Å². The van der Waals surface area contributed by atoms with E-state index in [0.29, 0.717) is 18.1 Å². The Hall–Kier alpha value is -3.49. The maximum absolute atomic E-state index is 12.5. The molecular formula is C18H20N6O3. The number of carbonyl (C=O) groups is 1. The Bertz CT molecular complexity index is 991. The van der Waals surface area contributed by atoms with Gasteiger partial charge in [0.1, 0.15) is 17.9 Å². The van der Waals surface area contributed by atoms with Crippen molar-refractivity contribution in [3.63, 3.8) is 0 Å². The first-order valence-electron chi connectivity index (χ1n) is 8.44. The molecule has 1 atom stereocenters. The highest BCUT2D eigenvalue weighted by Crippen LogP contribution is 2.20. The van der Waals surface area contributed by atoms with Crippen LogP contribution >= 0.6 is 0 Å². The van der Waals surface area contributed by atoms with Crippen molar-refractivity contribution in [3.05, 3.63) is 69.7 Å². The Kier molecular flexibility index (Phi) is 5.02. The van der Waals surface area contributed by atoms with Crippen molar-refractivity contribution in [2.24, 2.45) is 0 Å². The number of anilines is 1. The molecule has 0 radical (unpaired) electrons. The van der Waals surface area contributed by atoms with E-state index in [1.165, 1.54) is 10.2 Å². The van der Waals surface area contributed by atoms with Crippen LogP contribution in [0.15, 0.2) is 42.7 Å². The summed E-state index contributed by atoms with van der Waals surface area (Å²) in [6.45, 7) is 5.83. The summed E-state index contributed by atoms with van der Waals surface area (Å²) in [7, 11) is 0. The molecular weight excluding hydrogens is 348 g/mol. The van der Waals surface area contributed by atoms with E-state index in [4.69, 9.17) is 0 Å². The number of nitrogens with one attached hydrogen (secondary N) is 1. The van der Waals surface area contributed by atoms with Gasteiger partial charge in [0.15, 0.2) is 5.82 Å².